The first-order chi connectivity index (χ1) is 2.00. The third kappa shape index (κ3) is 86.1. The van der Waals surface area contributed by atoms with Crippen LogP contribution in [0.15, 0.2) is 0 Å². The number of rotatable bonds is 0. The molecule has 42 valence electrons. The van der Waals surface area contributed by atoms with E-state index >= 15 is 0 Å². The Hall–Kier alpha value is 2.24. The van der Waals surface area contributed by atoms with E-state index in [0.29, 0.717) is 0 Å². The number of hydrogen-bond donors (Lipinski definition) is 3. The molecule has 8 heteroatoms. The van der Waals surface area contributed by atoms with Crippen molar-refractivity contribution in [3.63, 3.8) is 0 Å². The van der Waals surface area contributed by atoms with Crippen molar-refractivity contribution in [2.75, 3.05) is 0 Å². The van der Waals surface area contributed by atoms with Gasteiger partial charge in [0.05, 0.1) is 0 Å². The average Bonchev–Trinajstić information content (AvgIpc) is 0.722. The molecule has 0 aliphatic heterocycles. The van der Waals surface area contributed by atoms with Gasteiger partial charge >= 0.3 is 56.2 Å². The Morgan fingerprint density at radius 3 is 1.25 bits per heavy atom. The SMILES string of the molecule is O=P(O)(O)O.[AlH3].[H-].[H-].[Li+].[Na+]. The Balaban J connectivity index is -0.00000000800. The molecule has 0 saturated carbocycles. The maximum Gasteiger partial charge on any atom is 1.00 e. The maximum atomic E-state index is 8.88. The minimum atomic E-state index is -4.64. The Morgan fingerprint density at radius 1 is 1.25 bits per heavy atom. The normalized spacial score (nSPS) is 7.38. The Kier molecular flexibility index (Phi) is 25.9. The summed E-state index contributed by atoms with van der Waals surface area (Å²) in [7, 11) is -4.64. The van der Waals surface area contributed by atoms with Gasteiger partial charge in [-0.2, -0.15) is 0 Å². The van der Waals surface area contributed by atoms with Crippen LogP contribution in [-0.2, 0) is 4.57 Å². The Morgan fingerprint density at radius 2 is 1.25 bits per heavy atom. The second-order valence-electron chi connectivity index (χ2n) is 0.513. The monoisotopic (exact) mass is 160 g/mol. The van der Waals surface area contributed by atoms with Crippen molar-refractivity contribution in [3.05, 3.63) is 0 Å². The summed E-state index contributed by atoms with van der Waals surface area (Å²) >= 11 is 0. The molecular formula is H8AlLiNaO4P. The fourth-order valence-corrected chi connectivity index (χ4v) is 0. The fourth-order valence-electron chi connectivity index (χ4n) is 0. The predicted octanol–water partition coefficient (Wildman–Crippen LogP) is -7.88. The van der Waals surface area contributed by atoms with Gasteiger partial charge in [-0.3, -0.25) is 0 Å². The summed E-state index contributed by atoms with van der Waals surface area (Å²) in [5.41, 5.74) is 0. The summed E-state index contributed by atoms with van der Waals surface area (Å²) < 4.78 is 8.88. The topological polar surface area (TPSA) is 77.8 Å². The van der Waals surface area contributed by atoms with Crippen molar-refractivity contribution >= 4 is 25.2 Å². The van der Waals surface area contributed by atoms with Gasteiger partial charge in [0.15, 0.2) is 17.4 Å². The Labute approximate surface area is 94.9 Å². The molecule has 0 rings (SSSR count). The van der Waals surface area contributed by atoms with Crippen LogP contribution in [0.25, 0.3) is 0 Å². The number of phosphoric acid groups is 1. The van der Waals surface area contributed by atoms with E-state index in [9.17, 15) is 0 Å². The molecule has 0 aliphatic carbocycles. The first kappa shape index (κ1) is 22.5. The quantitative estimate of drug-likeness (QED) is 0.243. The molecule has 0 amide bonds. The van der Waals surface area contributed by atoms with E-state index in [4.69, 9.17) is 19.2 Å². The van der Waals surface area contributed by atoms with Crippen LogP contribution in [0.2, 0.25) is 0 Å². The van der Waals surface area contributed by atoms with E-state index in [1.54, 1.807) is 0 Å². The zero-order chi connectivity index (χ0) is 4.50. The second-order valence-corrected chi connectivity index (χ2v) is 1.54. The van der Waals surface area contributed by atoms with Gasteiger partial charge in [-0.1, -0.05) is 0 Å². The van der Waals surface area contributed by atoms with E-state index in [1.807, 2.05) is 0 Å². The molecule has 0 bridgehead atoms. The van der Waals surface area contributed by atoms with Gasteiger partial charge < -0.3 is 17.5 Å². The summed E-state index contributed by atoms with van der Waals surface area (Å²) in [5.74, 6) is 0. The van der Waals surface area contributed by atoms with E-state index in [1.165, 1.54) is 0 Å². The fraction of sp³-hybridized carbons (Fsp3) is 0. The minimum Gasteiger partial charge on any atom is -1.00 e. The molecule has 4 nitrogen and oxygen atoms in total. The molecule has 0 aromatic heterocycles. The zero-order valence-corrected chi connectivity index (χ0v) is 7.09. The molecule has 0 radical (unpaired) electrons. The van der Waals surface area contributed by atoms with Crippen LogP contribution in [-0.4, -0.2) is 32.0 Å². The van der Waals surface area contributed by atoms with Gasteiger partial charge in [0.1, 0.15) is 0 Å². The molecule has 0 saturated heterocycles. The molecule has 0 heterocycles. The van der Waals surface area contributed by atoms with Crippen LogP contribution in [0, 0.1) is 0 Å². The zero-order valence-electron chi connectivity index (χ0n) is 6.20. The molecule has 0 atom stereocenters. The molecule has 0 aromatic rings. The summed E-state index contributed by atoms with van der Waals surface area (Å²) in [6.07, 6.45) is 0. The van der Waals surface area contributed by atoms with Crippen molar-refractivity contribution in [3.8, 4) is 0 Å². The van der Waals surface area contributed by atoms with Crippen LogP contribution in [0.4, 0.5) is 0 Å². The smallest absolute Gasteiger partial charge is 1.00 e. The van der Waals surface area contributed by atoms with E-state index in [-0.39, 0.29) is 68.6 Å². The minimum absolute atomic E-state index is 0. The van der Waals surface area contributed by atoms with Gasteiger partial charge in [-0.25, -0.2) is 4.57 Å². The standard InChI is InChI=1S/Al.Li.Na.H3O4P.5H/c;;;1-5(2,3)4;;;;;/h;;;(H3,1,2,3,4);;;;;/q;2*+1;;;;;2*-1. The summed E-state index contributed by atoms with van der Waals surface area (Å²) in [6.45, 7) is 0. The maximum absolute atomic E-state index is 8.88. The van der Waals surface area contributed by atoms with Crippen molar-refractivity contribution < 1.29 is 70.5 Å². The average molecular weight is 160 g/mol. The molecule has 0 unspecified atom stereocenters. The summed E-state index contributed by atoms with van der Waals surface area (Å²) in [6, 6.07) is 0. The number of hydrogen-bond acceptors (Lipinski definition) is 1. The predicted molar refractivity (Wildman–Crippen MR) is 26.4 cm³/mol. The van der Waals surface area contributed by atoms with Crippen molar-refractivity contribution in [2.24, 2.45) is 0 Å². The molecule has 3 N–H and O–H groups in total. The first-order valence-corrected chi connectivity index (χ1v) is 2.35. The van der Waals surface area contributed by atoms with Crippen LogP contribution >= 0.6 is 7.82 Å². The molecule has 8 heavy (non-hydrogen) atoms. The van der Waals surface area contributed by atoms with Gasteiger partial charge in [-0.05, 0) is 0 Å². The van der Waals surface area contributed by atoms with Crippen molar-refractivity contribution in [1.82, 2.24) is 0 Å². The van der Waals surface area contributed by atoms with Crippen LogP contribution in [0.1, 0.15) is 2.85 Å². The van der Waals surface area contributed by atoms with E-state index < -0.39 is 7.82 Å². The van der Waals surface area contributed by atoms with Crippen LogP contribution < -0.4 is 48.4 Å². The van der Waals surface area contributed by atoms with Crippen molar-refractivity contribution in [1.29, 1.82) is 0 Å². The van der Waals surface area contributed by atoms with Gasteiger partial charge in [-0.15, -0.1) is 0 Å². The first-order valence-electron chi connectivity index (χ1n) is 0.783. The molecular weight excluding hydrogens is 152 g/mol. The molecule has 0 aliphatic rings. The van der Waals surface area contributed by atoms with Crippen LogP contribution in [0.5, 0.6) is 0 Å². The van der Waals surface area contributed by atoms with E-state index in [0.717, 1.165) is 0 Å². The van der Waals surface area contributed by atoms with Gasteiger partial charge in [0, 0.05) is 0 Å². The molecule has 0 spiro atoms. The van der Waals surface area contributed by atoms with Gasteiger partial charge in [0.25, 0.3) is 0 Å². The van der Waals surface area contributed by atoms with Crippen LogP contribution in [0.3, 0.4) is 0 Å². The largest absolute Gasteiger partial charge is 1.00 e. The van der Waals surface area contributed by atoms with Gasteiger partial charge in [0.2, 0.25) is 0 Å². The summed E-state index contributed by atoms with van der Waals surface area (Å²) in [5, 5.41) is 0. The molecule has 0 fully saturated rings. The molecule has 0 aromatic carbocycles. The van der Waals surface area contributed by atoms with E-state index in [2.05, 4.69) is 0 Å². The second kappa shape index (κ2) is 9.24. The van der Waals surface area contributed by atoms with Crippen molar-refractivity contribution in [2.45, 2.75) is 0 Å². The third-order valence-corrected chi connectivity index (χ3v) is 0. The Bertz CT molecular complexity index is 69.4. The summed E-state index contributed by atoms with van der Waals surface area (Å²) in [4.78, 5) is 21.6. The third-order valence-electron chi connectivity index (χ3n) is 0.